The maximum atomic E-state index is 13.5. The average Bonchev–Trinajstić information content (AvgIpc) is 3.09. The van der Waals surface area contributed by atoms with E-state index in [9.17, 15) is 24.8 Å². The van der Waals surface area contributed by atoms with Gasteiger partial charge in [-0.2, -0.15) is 0 Å². The number of phenolic OH excluding ortho intramolecular Hbond substituents is 1. The molecule has 33 heavy (non-hydrogen) atoms. The van der Waals surface area contributed by atoms with Crippen LogP contribution in [0.15, 0.2) is 69.6 Å². The number of nitrogens with zero attached hydrogens (tertiary/aromatic N) is 3. The third-order valence-electron chi connectivity index (χ3n) is 5.16. The minimum atomic E-state index is -0.748. The van der Waals surface area contributed by atoms with Crippen molar-refractivity contribution in [2.24, 2.45) is 4.99 Å². The molecule has 0 fully saturated rings. The van der Waals surface area contributed by atoms with Crippen LogP contribution in [0.25, 0.3) is 6.08 Å². The van der Waals surface area contributed by atoms with Gasteiger partial charge in [-0.15, -0.1) is 0 Å². The largest absolute Gasteiger partial charge is 0.502 e. The van der Waals surface area contributed by atoms with E-state index in [0.717, 1.165) is 11.3 Å². The quantitative estimate of drug-likeness (QED) is 0.351. The van der Waals surface area contributed by atoms with E-state index >= 15 is 0 Å². The van der Waals surface area contributed by atoms with Crippen LogP contribution in [-0.2, 0) is 9.53 Å². The smallest absolute Gasteiger partial charge is 0.338 e. The molecule has 0 unspecified atom stereocenters. The minimum absolute atomic E-state index is 0.132. The molecule has 9 nitrogen and oxygen atoms in total. The molecule has 1 N–H and O–H groups in total. The molecule has 0 amide bonds. The zero-order chi connectivity index (χ0) is 23.7. The fraction of sp³-hybridized carbons (Fsp3) is 0.174. The van der Waals surface area contributed by atoms with Crippen molar-refractivity contribution < 1.29 is 19.6 Å². The molecule has 0 saturated heterocycles. The Morgan fingerprint density at radius 2 is 2.00 bits per heavy atom. The first-order chi connectivity index (χ1) is 15.8. The Kier molecular flexibility index (Phi) is 5.93. The van der Waals surface area contributed by atoms with Crippen molar-refractivity contribution in [2.75, 3.05) is 6.61 Å². The fourth-order valence-corrected chi connectivity index (χ4v) is 4.73. The topological polar surface area (TPSA) is 124 Å². The average molecular weight is 465 g/mol. The molecule has 1 atom stereocenters. The summed E-state index contributed by atoms with van der Waals surface area (Å²) >= 11 is 1.07. The highest BCUT2D eigenvalue weighted by atomic mass is 32.1. The van der Waals surface area contributed by atoms with Gasteiger partial charge in [0.1, 0.15) is 0 Å². The summed E-state index contributed by atoms with van der Waals surface area (Å²) in [5.74, 6) is -1.09. The Morgan fingerprint density at radius 1 is 1.27 bits per heavy atom. The molecule has 0 spiro atoms. The number of carbonyl (C=O) groups is 1. The van der Waals surface area contributed by atoms with Crippen molar-refractivity contribution in [2.45, 2.75) is 19.9 Å². The van der Waals surface area contributed by atoms with Crippen LogP contribution in [0, 0.1) is 10.1 Å². The lowest BCUT2D eigenvalue weighted by atomic mass is 9.96. The summed E-state index contributed by atoms with van der Waals surface area (Å²) in [4.78, 5) is 41.5. The van der Waals surface area contributed by atoms with Crippen LogP contribution >= 0.6 is 11.3 Å². The predicted octanol–water partition coefficient (Wildman–Crippen LogP) is 2.41. The van der Waals surface area contributed by atoms with Crippen LogP contribution in [-0.4, -0.2) is 27.2 Å². The minimum Gasteiger partial charge on any atom is -0.502 e. The Balaban J connectivity index is 1.96. The van der Waals surface area contributed by atoms with Gasteiger partial charge in [0.2, 0.25) is 5.75 Å². The zero-order valence-electron chi connectivity index (χ0n) is 17.7. The summed E-state index contributed by atoms with van der Waals surface area (Å²) in [6.45, 7) is 3.56. The van der Waals surface area contributed by atoms with Crippen molar-refractivity contribution in [1.29, 1.82) is 0 Å². The molecule has 0 radical (unpaired) electrons. The fourth-order valence-electron chi connectivity index (χ4n) is 3.70. The van der Waals surface area contributed by atoms with E-state index in [1.807, 2.05) is 30.3 Å². The Labute approximate surface area is 191 Å². The number of para-hydroxylation sites is 1. The van der Waals surface area contributed by atoms with Gasteiger partial charge in [-0.05, 0) is 25.5 Å². The number of nitro groups is 1. The van der Waals surface area contributed by atoms with Crippen LogP contribution < -0.4 is 14.9 Å². The standard InChI is InChI=1S/C23H19N3O6S/c1-3-32-22(29)18-13(2)24-23-25(19(18)14-8-5-4-6-9-14)21(28)17(33-23)12-15-10-7-11-16(20(15)27)26(30)31/h4-12,19,27H,3H2,1-2H3/b17-12+/t19-/m1/s1. The summed E-state index contributed by atoms with van der Waals surface area (Å²) in [5, 5.41) is 21.4. The van der Waals surface area contributed by atoms with E-state index in [0.29, 0.717) is 16.1 Å². The number of benzene rings is 2. The van der Waals surface area contributed by atoms with Gasteiger partial charge in [-0.3, -0.25) is 19.5 Å². The second kappa shape index (κ2) is 8.83. The van der Waals surface area contributed by atoms with Gasteiger partial charge < -0.3 is 9.84 Å². The number of rotatable bonds is 5. The highest BCUT2D eigenvalue weighted by Gasteiger charge is 2.33. The molecule has 0 aliphatic carbocycles. The summed E-state index contributed by atoms with van der Waals surface area (Å²) in [6.07, 6.45) is 1.39. The molecule has 1 aliphatic heterocycles. The van der Waals surface area contributed by atoms with E-state index in [2.05, 4.69) is 4.99 Å². The van der Waals surface area contributed by atoms with E-state index in [-0.39, 0.29) is 22.3 Å². The molecule has 168 valence electrons. The van der Waals surface area contributed by atoms with Crippen LogP contribution in [0.5, 0.6) is 5.75 Å². The lowest BCUT2D eigenvalue weighted by Crippen LogP contribution is -2.39. The molecule has 0 bridgehead atoms. The summed E-state index contributed by atoms with van der Waals surface area (Å²) in [6, 6.07) is 12.4. The number of thiazole rings is 1. The summed E-state index contributed by atoms with van der Waals surface area (Å²) in [7, 11) is 0. The molecule has 1 aromatic heterocycles. The molecule has 0 saturated carbocycles. The number of ether oxygens (including phenoxy) is 1. The number of hydrogen-bond acceptors (Lipinski definition) is 8. The lowest BCUT2D eigenvalue weighted by molar-refractivity contribution is -0.385. The van der Waals surface area contributed by atoms with Crippen LogP contribution in [0.4, 0.5) is 5.69 Å². The van der Waals surface area contributed by atoms with E-state index in [4.69, 9.17) is 4.74 Å². The molecule has 10 heteroatoms. The van der Waals surface area contributed by atoms with Crippen LogP contribution in [0.2, 0.25) is 0 Å². The molecule has 2 aromatic carbocycles. The molecule has 1 aliphatic rings. The maximum Gasteiger partial charge on any atom is 0.338 e. The highest BCUT2D eigenvalue weighted by Crippen LogP contribution is 2.31. The van der Waals surface area contributed by atoms with Gasteiger partial charge in [0.05, 0.1) is 33.4 Å². The predicted molar refractivity (Wildman–Crippen MR) is 122 cm³/mol. The van der Waals surface area contributed by atoms with Gasteiger partial charge in [-0.25, -0.2) is 9.79 Å². The highest BCUT2D eigenvalue weighted by molar-refractivity contribution is 7.07. The van der Waals surface area contributed by atoms with Gasteiger partial charge in [0, 0.05) is 11.6 Å². The number of allylic oxidation sites excluding steroid dienone is 1. The normalized spacial score (nSPS) is 15.7. The number of phenols is 1. The SMILES string of the molecule is CCOC(=O)C1=C(C)N=c2s/c(=C/c3cccc([N+](=O)[O-])c3O)c(=O)n2[C@@H]1c1ccccc1. The van der Waals surface area contributed by atoms with E-state index < -0.39 is 33.9 Å². The number of aromatic hydroxyl groups is 1. The van der Waals surface area contributed by atoms with Crippen molar-refractivity contribution in [1.82, 2.24) is 4.57 Å². The van der Waals surface area contributed by atoms with Crippen LogP contribution in [0.3, 0.4) is 0 Å². The van der Waals surface area contributed by atoms with Crippen molar-refractivity contribution in [3.63, 3.8) is 0 Å². The number of carbonyl (C=O) groups excluding carboxylic acids is 1. The number of hydrogen-bond donors (Lipinski definition) is 1. The van der Waals surface area contributed by atoms with E-state index in [1.54, 1.807) is 13.8 Å². The first-order valence-electron chi connectivity index (χ1n) is 10.0. The third-order valence-corrected chi connectivity index (χ3v) is 6.14. The van der Waals surface area contributed by atoms with E-state index in [1.165, 1.54) is 28.8 Å². The second-order valence-corrected chi connectivity index (χ2v) is 8.19. The maximum absolute atomic E-state index is 13.5. The lowest BCUT2D eigenvalue weighted by Gasteiger charge is -2.24. The Morgan fingerprint density at radius 3 is 2.67 bits per heavy atom. The molecular formula is C23H19N3O6S. The summed E-state index contributed by atoms with van der Waals surface area (Å²) in [5.41, 5.74) is 0.646. The van der Waals surface area contributed by atoms with Crippen LogP contribution in [0.1, 0.15) is 31.0 Å². The number of aromatic nitrogens is 1. The van der Waals surface area contributed by atoms with Gasteiger partial charge in [0.15, 0.2) is 4.80 Å². The second-order valence-electron chi connectivity index (χ2n) is 7.19. The zero-order valence-corrected chi connectivity index (χ0v) is 18.5. The third kappa shape index (κ3) is 3.96. The Bertz CT molecular complexity index is 1470. The van der Waals surface area contributed by atoms with Gasteiger partial charge in [-0.1, -0.05) is 53.8 Å². The first-order valence-corrected chi connectivity index (χ1v) is 10.9. The van der Waals surface area contributed by atoms with Crippen molar-refractivity contribution >= 4 is 29.1 Å². The number of esters is 1. The van der Waals surface area contributed by atoms with Crippen molar-refractivity contribution in [3.05, 3.63) is 101 Å². The van der Waals surface area contributed by atoms with Crippen molar-refractivity contribution in [3.8, 4) is 5.75 Å². The van der Waals surface area contributed by atoms with Gasteiger partial charge in [0.25, 0.3) is 5.56 Å². The molecule has 4 rings (SSSR count). The van der Waals surface area contributed by atoms with Gasteiger partial charge >= 0.3 is 11.7 Å². The molecule has 2 heterocycles. The monoisotopic (exact) mass is 465 g/mol. The molecule has 3 aromatic rings. The number of fused-ring (bicyclic) bond motifs is 1. The Hall–Kier alpha value is -4.05. The summed E-state index contributed by atoms with van der Waals surface area (Å²) < 4.78 is 6.87. The first kappa shape index (κ1) is 22.2. The molecular weight excluding hydrogens is 446 g/mol. The number of nitro benzene ring substituents is 1.